The molecule has 0 aromatic heterocycles. The Balaban J connectivity index is 2.64. The Morgan fingerprint density at radius 2 is 2.00 bits per heavy atom. The number of carbonyl (C=O) groups excluding carboxylic acids is 1. The van der Waals surface area contributed by atoms with Crippen LogP contribution in [0, 0.1) is 12.8 Å². The molecule has 1 amide bonds. The molecule has 0 bridgehead atoms. The molecule has 1 aromatic carbocycles. The monoisotopic (exact) mass is 248 g/mol. The fraction of sp³-hybridized carbons (Fsp3) is 0.533. The number of nitrogens with two attached hydrogens (primary N) is 1. The van der Waals surface area contributed by atoms with Crippen LogP contribution in [0.2, 0.25) is 0 Å². The number of hydrogen-bond donors (Lipinski definition) is 2. The smallest absolute Gasteiger partial charge is 0.251 e. The summed E-state index contributed by atoms with van der Waals surface area (Å²) in [6.07, 6.45) is 2.14. The highest BCUT2D eigenvalue weighted by Crippen LogP contribution is 2.13. The third-order valence-corrected chi connectivity index (χ3v) is 3.19. The van der Waals surface area contributed by atoms with Crippen LogP contribution in [0.4, 0.5) is 5.69 Å². The summed E-state index contributed by atoms with van der Waals surface area (Å²) >= 11 is 0. The molecule has 2 atom stereocenters. The van der Waals surface area contributed by atoms with Crippen LogP contribution in [0.5, 0.6) is 0 Å². The number of anilines is 1. The molecule has 0 radical (unpaired) electrons. The maximum absolute atomic E-state index is 12.1. The maximum atomic E-state index is 12.1. The van der Waals surface area contributed by atoms with Gasteiger partial charge in [-0.1, -0.05) is 20.3 Å². The average Bonchev–Trinajstić information content (AvgIpc) is 2.27. The van der Waals surface area contributed by atoms with Gasteiger partial charge in [0.1, 0.15) is 0 Å². The molecular formula is C15H24N2O. The topological polar surface area (TPSA) is 55.1 Å². The Morgan fingerprint density at radius 1 is 1.33 bits per heavy atom. The van der Waals surface area contributed by atoms with E-state index in [0.717, 1.165) is 18.4 Å². The number of nitrogen functional groups attached to an aromatic ring is 1. The Kier molecular flexibility index (Phi) is 5.20. The summed E-state index contributed by atoms with van der Waals surface area (Å²) in [6, 6.07) is 5.63. The van der Waals surface area contributed by atoms with Crippen LogP contribution in [0.1, 0.15) is 49.5 Å². The van der Waals surface area contributed by atoms with Gasteiger partial charge >= 0.3 is 0 Å². The van der Waals surface area contributed by atoms with Crippen LogP contribution in [-0.2, 0) is 0 Å². The summed E-state index contributed by atoms with van der Waals surface area (Å²) in [5.41, 5.74) is 8.04. The van der Waals surface area contributed by atoms with Crippen LogP contribution in [-0.4, -0.2) is 11.9 Å². The molecule has 1 aromatic rings. The molecule has 3 heteroatoms. The van der Waals surface area contributed by atoms with Crippen molar-refractivity contribution >= 4 is 11.6 Å². The van der Waals surface area contributed by atoms with Crippen molar-refractivity contribution in [2.75, 3.05) is 5.73 Å². The first-order valence-corrected chi connectivity index (χ1v) is 6.60. The predicted molar refractivity (Wildman–Crippen MR) is 76.6 cm³/mol. The zero-order valence-corrected chi connectivity index (χ0v) is 11.8. The molecule has 0 fully saturated rings. The van der Waals surface area contributed by atoms with E-state index in [1.54, 1.807) is 6.07 Å². The zero-order valence-electron chi connectivity index (χ0n) is 11.8. The summed E-state index contributed by atoms with van der Waals surface area (Å²) in [4.78, 5) is 12.1. The van der Waals surface area contributed by atoms with Gasteiger partial charge in [-0.2, -0.15) is 0 Å². The molecule has 1 rings (SSSR count). The molecule has 3 nitrogen and oxygen atoms in total. The lowest BCUT2D eigenvalue weighted by Crippen LogP contribution is -2.33. The van der Waals surface area contributed by atoms with Gasteiger partial charge in [0.15, 0.2) is 0 Å². The molecule has 0 aliphatic carbocycles. The highest BCUT2D eigenvalue weighted by atomic mass is 16.1. The largest absolute Gasteiger partial charge is 0.399 e. The Labute approximate surface area is 110 Å². The average molecular weight is 248 g/mol. The second kappa shape index (κ2) is 6.43. The van der Waals surface area contributed by atoms with Gasteiger partial charge in [-0.15, -0.1) is 0 Å². The molecule has 0 heterocycles. The summed E-state index contributed by atoms with van der Waals surface area (Å²) in [5, 5.41) is 3.02. The fourth-order valence-electron chi connectivity index (χ4n) is 2.08. The van der Waals surface area contributed by atoms with Crippen LogP contribution >= 0.6 is 0 Å². The van der Waals surface area contributed by atoms with Crippen molar-refractivity contribution < 1.29 is 4.79 Å². The van der Waals surface area contributed by atoms with Crippen molar-refractivity contribution in [3.05, 3.63) is 29.3 Å². The van der Waals surface area contributed by atoms with Crippen LogP contribution in [0.3, 0.4) is 0 Å². The number of aryl methyl sites for hydroxylation is 1. The van der Waals surface area contributed by atoms with Gasteiger partial charge in [0, 0.05) is 17.3 Å². The molecule has 2 unspecified atom stereocenters. The first-order chi connectivity index (χ1) is 8.42. The van der Waals surface area contributed by atoms with E-state index in [0.29, 0.717) is 17.2 Å². The van der Waals surface area contributed by atoms with E-state index in [1.807, 2.05) is 26.0 Å². The van der Waals surface area contributed by atoms with Gasteiger partial charge in [0.25, 0.3) is 5.91 Å². The lowest BCUT2D eigenvalue weighted by molar-refractivity contribution is 0.0935. The Morgan fingerprint density at radius 3 is 2.56 bits per heavy atom. The molecular weight excluding hydrogens is 224 g/mol. The summed E-state index contributed by atoms with van der Waals surface area (Å²) in [5.74, 6) is 0.587. The second-order valence-electron chi connectivity index (χ2n) is 5.26. The number of hydrogen-bond acceptors (Lipinski definition) is 2. The first-order valence-electron chi connectivity index (χ1n) is 6.60. The minimum absolute atomic E-state index is 0.0406. The molecule has 3 N–H and O–H groups in total. The van der Waals surface area contributed by atoms with Gasteiger partial charge in [-0.05, 0) is 49.9 Å². The van der Waals surface area contributed by atoms with Gasteiger partial charge < -0.3 is 11.1 Å². The van der Waals surface area contributed by atoms with Crippen molar-refractivity contribution in [1.82, 2.24) is 5.32 Å². The third kappa shape index (κ3) is 4.40. The zero-order chi connectivity index (χ0) is 13.7. The van der Waals surface area contributed by atoms with Crippen molar-refractivity contribution in [3.8, 4) is 0 Å². The molecule has 0 aliphatic rings. The fourth-order valence-corrected chi connectivity index (χ4v) is 2.08. The van der Waals surface area contributed by atoms with E-state index >= 15 is 0 Å². The first kappa shape index (κ1) is 14.6. The number of nitrogens with one attached hydrogen (secondary N) is 1. The quantitative estimate of drug-likeness (QED) is 0.787. The van der Waals surface area contributed by atoms with Gasteiger partial charge in [0.05, 0.1) is 0 Å². The number of benzene rings is 1. The normalized spacial score (nSPS) is 14.0. The number of amides is 1. The Bertz CT molecular complexity index is 395. The number of rotatable bonds is 5. The highest BCUT2D eigenvalue weighted by Gasteiger charge is 2.12. The number of carbonyl (C=O) groups is 1. The van der Waals surface area contributed by atoms with Crippen molar-refractivity contribution in [2.24, 2.45) is 5.92 Å². The second-order valence-corrected chi connectivity index (χ2v) is 5.26. The van der Waals surface area contributed by atoms with Gasteiger partial charge in [0.2, 0.25) is 0 Å². The molecule has 0 aliphatic heterocycles. The SMILES string of the molecule is CCC(C)CC(C)NC(=O)c1cc(C)cc(N)c1. The summed E-state index contributed by atoms with van der Waals surface area (Å²) in [6.45, 7) is 8.35. The van der Waals surface area contributed by atoms with Crippen molar-refractivity contribution in [3.63, 3.8) is 0 Å². The van der Waals surface area contributed by atoms with Crippen molar-refractivity contribution in [2.45, 2.75) is 46.6 Å². The predicted octanol–water partition coefficient (Wildman–Crippen LogP) is 3.13. The van der Waals surface area contributed by atoms with E-state index < -0.39 is 0 Å². The standard InChI is InChI=1S/C15H24N2O/c1-5-10(2)6-12(4)17-15(18)13-7-11(3)8-14(16)9-13/h7-10,12H,5-6,16H2,1-4H3,(H,17,18). The van der Waals surface area contributed by atoms with E-state index in [2.05, 4.69) is 19.2 Å². The minimum Gasteiger partial charge on any atom is -0.399 e. The molecule has 0 spiro atoms. The van der Waals surface area contributed by atoms with Gasteiger partial charge in [-0.25, -0.2) is 0 Å². The highest BCUT2D eigenvalue weighted by molar-refractivity contribution is 5.95. The molecule has 0 saturated heterocycles. The van der Waals surface area contributed by atoms with E-state index in [1.165, 1.54) is 0 Å². The van der Waals surface area contributed by atoms with Crippen LogP contribution < -0.4 is 11.1 Å². The molecule has 18 heavy (non-hydrogen) atoms. The lowest BCUT2D eigenvalue weighted by Gasteiger charge is -2.17. The van der Waals surface area contributed by atoms with Crippen molar-refractivity contribution in [1.29, 1.82) is 0 Å². The van der Waals surface area contributed by atoms with E-state index in [-0.39, 0.29) is 11.9 Å². The molecule has 100 valence electrons. The Hall–Kier alpha value is -1.51. The minimum atomic E-state index is -0.0406. The van der Waals surface area contributed by atoms with E-state index in [9.17, 15) is 4.79 Å². The summed E-state index contributed by atoms with van der Waals surface area (Å²) < 4.78 is 0. The van der Waals surface area contributed by atoms with E-state index in [4.69, 9.17) is 5.73 Å². The maximum Gasteiger partial charge on any atom is 0.251 e. The van der Waals surface area contributed by atoms with Crippen LogP contribution in [0.15, 0.2) is 18.2 Å². The van der Waals surface area contributed by atoms with Gasteiger partial charge in [-0.3, -0.25) is 4.79 Å². The summed E-state index contributed by atoms with van der Waals surface area (Å²) in [7, 11) is 0. The molecule has 0 saturated carbocycles. The van der Waals surface area contributed by atoms with Crippen LogP contribution in [0.25, 0.3) is 0 Å². The third-order valence-electron chi connectivity index (χ3n) is 3.19. The lowest BCUT2D eigenvalue weighted by atomic mass is 10.00.